The number of aryl methyl sites for hydroxylation is 1. The minimum Gasteiger partial charge on any atom is -0.296 e. The van der Waals surface area contributed by atoms with Crippen LogP contribution in [0.15, 0.2) is 152 Å². The molecule has 0 N–H and O–H groups in total. The van der Waals surface area contributed by atoms with Crippen molar-refractivity contribution in [3.8, 4) is 22.5 Å². The highest BCUT2D eigenvalue weighted by molar-refractivity contribution is 6.21. The van der Waals surface area contributed by atoms with Gasteiger partial charge in [-0.1, -0.05) is 141 Å². The van der Waals surface area contributed by atoms with Crippen LogP contribution in [0, 0.1) is 5.92 Å². The molecule has 1 aliphatic rings. The topological polar surface area (TPSA) is 17.8 Å². The Morgan fingerprint density at radius 2 is 1.35 bits per heavy atom. The summed E-state index contributed by atoms with van der Waals surface area (Å²) in [6.07, 6.45) is 11.1. The average Bonchev–Trinajstić information content (AvgIpc) is 3.56. The Labute approximate surface area is 299 Å². The summed E-state index contributed by atoms with van der Waals surface area (Å²) >= 11 is 0. The van der Waals surface area contributed by atoms with Gasteiger partial charge in [0.05, 0.1) is 11.0 Å². The van der Waals surface area contributed by atoms with Crippen molar-refractivity contribution in [1.29, 1.82) is 0 Å². The fourth-order valence-electron chi connectivity index (χ4n) is 8.02. The van der Waals surface area contributed by atoms with Crippen LogP contribution >= 0.6 is 0 Å². The molecule has 51 heavy (non-hydrogen) atoms. The molecule has 9 rings (SSSR count). The Hall–Kier alpha value is -5.99. The Balaban J connectivity index is 1.36. The van der Waals surface area contributed by atoms with Crippen LogP contribution in [0.4, 0.5) is 0 Å². The molecule has 8 aromatic rings. The second kappa shape index (κ2) is 12.7. The van der Waals surface area contributed by atoms with Crippen molar-refractivity contribution in [2.45, 2.75) is 33.6 Å². The third-order valence-electron chi connectivity index (χ3n) is 10.4. The number of hydrogen-bond donors (Lipinski definition) is 0. The number of rotatable bonds is 6. The van der Waals surface area contributed by atoms with E-state index in [4.69, 9.17) is 4.98 Å². The lowest BCUT2D eigenvalue weighted by Crippen LogP contribution is -2.01. The van der Waals surface area contributed by atoms with E-state index in [2.05, 4.69) is 183 Å². The van der Waals surface area contributed by atoms with Crippen LogP contribution in [0.3, 0.4) is 0 Å². The number of allylic oxidation sites excluding steroid dienone is 5. The van der Waals surface area contributed by atoms with Gasteiger partial charge in [0.1, 0.15) is 5.82 Å². The van der Waals surface area contributed by atoms with Crippen LogP contribution in [0.25, 0.3) is 83.2 Å². The van der Waals surface area contributed by atoms with E-state index in [-0.39, 0.29) is 0 Å². The van der Waals surface area contributed by atoms with Crippen molar-refractivity contribution in [1.82, 2.24) is 9.55 Å². The normalized spacial score (nSPS) is 13.6. The van der Waals surface area contributed by atoms with E-state index in [9.17, 15) is 0 Å². The van der Waals surface area contributed by atoms with Crippen molar-refractivity contribution >= 4 is 60.7 Å². The minimum absolute atomic E-state index is 0.485. The average molecular weight is 657 g/mol. The van der Waals surface area contributed by atoms with E-state index in [0.29, 0.717) is 5.92 Å². The Morgan fingerprint density at radius 3 is 2.22 bits per heavy atom. The largest absolute Gasteiger partial charge is 0.296 e. The molecule has 1 aromatic heterocycles. The molecule has 0 radical (unpaired) electrons. The minimum atomic E-state index is 0.485. The fraction of sp³-hybridized carbons (Fsp3) is 0.122. The zero-order valence-electron chi connectivity index (χ0n) is 29.4. The molecular weight excluding hydrogens is 617 g/mol. The molecule has 0 saturated carbocycles. The summed E-state index contributed by atoms with van der Waals surface area (Å²) < 4.78 is 2.32. The van der Waals surface area contributed by atoms with Gasteiger partial charge in [-0.3, -0.25) is 4.57 Å². The Bertz CT molecular complexity index is 2730. The first-order chi connectivity index (χ1) is 25.0. The lowest BCUT2D eigenvalue weighted by molar-refractivity contribution is 0.832. The summed E-state index contributed by atoms with van der Waals surface area (Å²) in [5.74, 6) is 1.44. The van der Waals surface area contributed by atoms with E-state index in [1.807, 2.05) is 0 Å². The maximum atomic E-state index is 5.28. The predicted molar refractivity (Wildman–Crippen MR) is 220 cm³/mol. The van der Waals surface area contributed by atoms with Gasteiger partial charge in [0.15, 0.2) is 0 Å². The van der Waals surface area contributed by atoms with Gasteiger partial charge in [0.2, 0.25) is 0 Å². The van der Waals surface area contributed by atoms with Gasteiger partial charge in [-0.25, -0.2) is 4.98 Å². The van der Waals surface area contributed by atoms with Gasteiger partial charge >= 0.3 is 0 Å². The quantitative estimate of drug-likeness (QED) is 0.129. The van der Waals surface area contributed by atoms with Gasteiger partial charge in [-0.15, -0.1) is 0 Å². The van der Waals surface area contributed by atoms with Gasteiger partial charge < -0.3 is 0 Å². The SMILES string of the molecule is C/C(=C\C=C/C(C)C)n1c(-c2ccc3c(C4=Cc5ccccc5CC4)c4ccccc4c(-c4ccc5ccccc5c4)c3c2)nc2ccccc21. The maximum Gasteiger partial charge on any atom is 0.145 e. The molecule has 1 heterocycles. The van der Waals surface area contributed by atoms with Crippen molar-refractivity contribution in [2.75, 3.05) is 0 Å². The molecular formula is C49H40N2. The Kier molecular flexibility index (Phi) is 7.74. The third kappa shape index (κ3) is 5.48. The van der Waals surface area contributed by atoms with Crippen LogP contribution in [-0.4, -0.2) is 9.55 Å². The van der Waals surface area contributed by atoms with Crippen molar-refractivity contribution in [3.05, 3.63) is 168 Å². The van der Waals surface area contributed by atoms with Crippen molar-refractivity contribution in [2.24, 2.45) is 5.92 Å². The van der Waals surface area contributed by atoms with Gasteiger partial charge in [-0.05, 0) is 122 Å². The van der Waals surface area contributed by atoms with E-state index >= 15 is 0 Å². The van der Waals surface area contributed by atoms with Crippen LogP contribution in [0.5, 0.6) is 0 Å². The predicted octanol–water partition coefficient (Wildman–Crippen LogP) is 13.4. The van der Waals surface area contributed by atoms with Gasteiger partial charge in [0.25, 0.3) is 0 Å². The zero-order chi connectivity index (χ0) is 34.5. The van der Waals surface area contributed by atoms with Gasteiger partial charge in [0, 0.05) is 11.3 Å². The van der Waals surface area contributed by atoms with Crippen LogP contribution in [-0.2, 0) is 6.42 Å². The fourth-order valence-corrected chi connectivity index (χ4v) is 8.02. The molecule has 246 valence electrons. The summed E-state index contributed by atoms with van der Waals surface area (Å²) in [5.41, 5.74) is 12.3. The van der Waals surface area contributed by atoms with Crippen molar-refractivity contribution in [3.63, 3.8) is 0 Å². The van der Waals surface area contributed by atoms with E-state index in [0.717, 1.165) is 41.0 Å². The third-order valence-corrected chi connectivity index (χ3v) is 10.4. The molecule has 2 heteroatoms. The Morgan fingerprint density at radius 1 is 0.647 bits per heavy atom. The number of fused-ring (bicyclic) bond motifs is 5. The van der Waals surface area contributed by atoms with E-state index in [1.165, 1.54) is 65.7 Å². The van der Waals surface area contributed by atoms with Crippen LogP contribution in [0.1, 0.15) is 43.9 Å². The van der Waals surface area contributed by atoms with Crippen LogP contribution < -0.4 is 0 Å². The second-order valence-electron chi connectivity index (χ2n) is 14.2. The first-order valence-electron chi connectivity index (χ1n) is 18.1. The number of para-hydroxylation sites is 2. The molecule has 0 amide bonds. The first-order valence-corrected chi connectivity index (χ1v) is 18.1. The maximum absolute atomic E-state index is 5.28. The van der Waals surface area contributed by atoms with E-state index < -0.39 is 0 Å². The van der Waals surface area contributed by atoms with Crippen LogP contribution in [0.2, 0.25) is 0 Å². The lowest BCUT2D eigenvalue weighted by atomic mass is 9.81. The molecule has 7 aromatic carbocycles. The summed E-state index contributed by atoms with van der Waals surface area (Å²) in [6.45, 7) is 6.60. The van der Waals surface area contributed by atoms with Gasteiger partial charge in [-0.2, -0.15) is 0 Å². The standard InChI is InChI=1S/C49H40N2/c1-32(2)13-12-14-33(3)51-46-22-11-10-21-45(46)50-49(51)40-27-28-43-44(31-40)48(39-26-24-35-16-5-7-18-37(35)30-39)42-20-9-8-19-41(42)47(43)38-25-23-34-15-4-6-17-36(34)29-38/h4-22,24,26-32H,23,25H2,1-3H3/b13-12-,33-14+. The number of imidazole rings is 1. The summed E-state index contributed by atoms with van der Waals surface area (Å²) in [7, 11) is 0. The zero-order valence-corrected chi connectivity index (χ0v) is 29.4. The second-order valence-corrected chi connectivity index (χ2v) is 14.2. The smallest absolute Gasteiger partial charge is 0.145 e. The molecule has 0 unspecified atom stereocenters. The van der Waals surface area contributed by atoms with E-state index in [1.54, 1.807) is 0 Å². The molecule has 0 spiro atoms. The highest BCUT2D eigenvalue weighted by Gasteiger charge is 2.22. The monoisotopic (exact) mass is 656 g/mol. The molecule has 0 bridgehead atoms. The number of hydrogen-bond acceptors (Lipinski definition) is 1. The molecule has 0 fully saturated rings. The summed E-state index contributed by atoms with van der Waals surface area (Å²) in [6, 6.07) is 49.0. The molecule has 0 saturated heterocycles. The highest BCUT2D eigenvalue weighted by Crippen LogP contribution is 2.46. The highest BCUT2D eigenvalue weighted by atomic mass is 15.1. The number of nitrogens with zero attached hydrogens (tertiary/aromatic N) is 2. The number of aromatic nitrogens is 2. The molecule has 0 aliphatic heterocycles. The number of benzene rings is 7. The summed E-state index contributed by atoms with van der Waals surface area (Å²) in [5, 5.41) is 7.60. The molecule has 2 nitrogen and oxygen atoms in total. The first kappa shape index (κ1) is 31.0. The van der Waals surface area contributed by atoms with Crippen molar-refractivity contribution < 1.29 is 0 Å². The summed E-state index contributed by atoms with van der Waals surface area (Å²) in [4.78, 5) is 5.28. The molecule has 0 atom stereocenters. The molecule has 1 aliphatic carbocycles. The lowest BCUT2D eigenvalue weighted by Gasteiger charge is -2.23.